The third kappa shape index (κ3) is 3.14. The van der Waals surface area contributed by atoms with Crippen LogP contribution in [0.15, 0.2) is 18.2 Å². The van der Waals surface area contributed by atoms with E-state index in [0.29, 0.717) is 0 Å². The van der Waals surface area contributed by atoms with Gasteiger partial charge in [-0.25, -0.2) is 4.39 Å². The van der Waals surface area contributed by atoms with Crippen molar-refractivity contribution >= 4 is 11.6 Å². The molecular formula is C10H13ClFNO2. The summed E-state index contributed by atoms with van der Waals surface area (Å²) in [5, 5.41) is 18.5. The summed E-state index contributed by atoms with van der Waals surface area (Å²) in [4.78, 5) is 0. The molecule has 4 N–H and O–H groups in total. The van der Waals surface area contributed by atoms with Crippen LogP contribution >= 0.6 is 11.6 Å². The molecule has 15 heavy (non-hydrogen) atoms. The number of aliphatic hydroxyl groups excluding tert-OH is 2. The lowest BCUT2D eigenvalue weighted by atomic mass is 10.0. The van der Waals surface area contributed by atoms with Crippen LogP contribution in [0.2, 0.25) is 5.02 Å². The monoisotopic (exact) mass is 233 g/mol. The lowest BCUT2D eigenvalue weighted by Crippen LogP contribution is -2.27. The third-order valence-electron chi connectivity index (χ3n) is 2.09. The number of aliphatic hydroxyl groups is 2. The zero-order valence-corrected chi connectivity index (χ0v) is 8.78. The maximum absolute atomic E-state index is 13.3. The summed E-state index contributed by atoms with van der Waals surface area (Å²) < 4.78 is 13.3. The van der Waals surface area contributed by atoms with E-state index in [2.05, 4.69) is 0 Å². The second kappa shape index (κ2) is 5.42. The Balaban J connectivity index is 2.86. The SMILES string of the molecule is N[C@@H](CO)C[C@H](O)c1c(F)cccc1Cl. The van der Waals surface area contributed by atoms with Crippen molar-refractivity contribution in [1.82, 2.24) is 0 Å². The van der Waals surface area contributed by atoms with Gasteiger partial charge in [0.2, 0.25) is 0 Å². The molecule has 0 aliphatic rings. The maximum atomic E-state index is 13.3. The predicted octanol–water partition coefficient (Wildman–Crippen LogP) is 1.22. The molecule has 5 heteroatoms. The normalized spacial score (nSPS) is 15.0. The molecular weight excluding hydrogens is 221 g/mol. The van der Waals surface area contributed by atoms with Gasteiger partial charge >= 0.3 is 0 Å². The van der Waals surface area contributed by atoms with Gasteiger partial charge in [-0.15, -0.1) is 0 Å². The van der Waals surface area contributed by atoms with Crippen LogP contribution in [-0.4, -0.2) is 22.9 Å². The van der Waals surface area contributed by atoms with Gasteiger partial charge in [0.25, 0.3) is 0 Å². The van der Waals surface area contributed by atoms with Crippen molar-refractivity contribution in [3.63, 3.8) is 0 Å². The summed E-state index contributed by atoms with van der Waals surface area (Å²) in [6, 6.07) is 3.58. The molecule has 2 atom stereocenters. The van der Waals surface area contributed by atoms with E-state index in [1.807, 2.05) is 0 Å². The summed E-state index contributed by atoms with van der Waals surface area (Å²) in [6.07, 6.45) is -1.03. The highest BCUT2D eigenvalue weighted by atomic mass is 35.5. The number of hydrogen-bond donors (Lipinski definition) is 3. The first-order valence-corrected chi connectivity index (χ1v) is 4.92. The topological polar surface area (TPSA) is 66.5 Å². The highest BCUT2D eigenvalue weighted by Crippen LogP contribution is 2.28. The van der Waals surface area contributed by atoms with Crippen LogP contribution in [0.3, 0.4) is 0 Å². The first-order chi connectivity index (χ1) is 7.06. The minimum Gasteiger partial charge on any atom is -0.395 e. The van der Waals surface area contributed by atoms with E-state index in [1.165, 1.54) is 18.2 Å². The van der Waals surface area contributed by atoms with Crippen LogP contribution in [0.1, 0.15) is 18.1 Å². The largest absolute Gasteiger partial charge is 0.395 e. The summed E-state index contributed by atoms with van der Waals surface area (Å²) >= 11 is 5.75. The molecule has 0 aliphatic carbocycles. The first kappa shape index (κ1) is 12.4. The van der Waals surface area contributed by atoms with Gasteiger partial charge in [0, 0.05) is 16.6 Å². The predicted molar refractivity (Wildman–Crippen MR) is 56.0 cm³/mol. The zero-order chi connectivity index (χ0) is 11.4. The summed E-state index contributed by atoms with van der Waals surface area (Å²) in [6.45, 7) is -0.261. The lowest BCUT2D eigenvalue weighted by Gasteiger charge is -2.16. The molecule has 0 amide bonds. The Morgan fingerprint density at radius 1 is 1.47 bits per heavy atom. The molecule has 0 fully saturated rings. The van der Waals surface area contributed by atoms with Crippen molar-refractivity contribution in [2.75, 3.05) is 6.61 Å². The van der Waals surface area contributed by atoms with Crippen molar-refractivity contribution in [3.05, 3.63) is 34.6 Å². The van der Waals surface area contributed by atoms with Crippen LogP contribution in [0.5, 0.6) is 0 Å². The second-order valence-corrected chi connectivity index (χ2v) is 3.74. The van der Waals surface area contributed by atoms with Gasteiger partial charge in [-0.3, -0.25) is 0 Å². The summed E-state index contributed by atoms with van der Waals surface area (Å²) in [5.74, 6) is -0.569. The molecule has 1 aromatic carbocycles. The Morgan fingerprint density at radius 3 is 2.67 bits per heavy atom. The Bertz CT molecular complexity index is 315. The van der Waals surface area contributed by atoms with E-state index in [1.54, 1.807) is 0 Å². The molecule has 1 rings (SSSR count). The molecule has 0 saturated carbocycles. The molecule has 0 aliphatic heterocycles. The second-order valence-electron chi connectivity index (χ2n) is 3.33. The molecule has 0 saturated heterocycles. The van der Waals surface area contributed by atoms with E-state index in [0.717, 1.165) is 0 Å². The molecule has 3 nitrogen and oxygen atoms in total. The van der Waals surface area contributed by atoms with E-state index in [-0.39, 0.29) is 23.6 Å². The number of nitrogens with two attached hydrogens (primary N) is 1. The number of halogens is 2. The van der Waals surface area contributed by atoms with Crippen molar-refractivity contribution in [3.8, 4) is 0 Å². The van der Waals surface area contributed by atoms with E-state index < -0.39 is 18.0 Å². The van der Waals surface area contributed by atoms with Crippen LogP contribution in [0.4, 0.5) is 4.39 Å². The minimum absolute atomic E-state index is 0.0306. The van der Waals surface area contributed by atoms with Gasteiger partial charge in [-0.05, 0) is 18.6 Å². The molecule has 0 aromatic heterocycles. The lowest BCUT2D eigenvalue weighted by molar-refractivity contribution is 0.137. The van der Waals surface area contributed by atoms with Crippen LogP contribution in [-0.2, 0) is 0 Å². The number of rotatable bonds is 4. The average molecular weight is 234 g/mol. The first-order valence-electron chi connectivity index (χ1n) is 4.54. The quantitative estimate of drug-likeness (QED) is 0.733. The standard InChI is InChI=1S/C10H13ClFNO2/c11-7-2-1-3-8(12)10(7)9(15)4-6(13)5-14/h1-3,6,9,14-15H,4-5,13H2/t6-,9+/m1/s1. The molecule has 0 heterocycles. The van der Waals surface area contributed by atoms with Gasteiger partial charge in [-0.1, -0.05) is 17.7 Å². The Kier molecular flexibility index (Phi) is 4.47. The fourth-order valence-electron chi connectivity index (χ4n) is 1.31. The zero-order valence-electron chi connectivity index (χ0n) is 8.03. The van der Waals surface area contributed by atoms with Gasteiger partial charge in [0.15, 0.2) is 0 Å². The van der Waals surface area contributed by atoms with Crippen molar-refractivity contribution in [1.29, 1.82) is 0 Å². The Labute approximate surface area is 92.3 Å². The Morgan fingerprint density at radius 2 is 2.13 bits per heavy atom. The highest BCUT2D eigenvalue weighted by Gasteiger charge is 2.18. The molecule has 0 unspecified atom stereocenters. The van der Waals surface area contributed by atoms with Crippen LogP contribution in [0, 0.1) is 5.82 Å². The third-order valence-corrected chi connectivity index (χ3v) is 2.42. The number of benzene rings is 1. The Hall–Kier alpha value is -0.680. The van der Waals surface area contributed by atoms with Crippen molar-refractivity contribution in [2.24, 2.45) is 5.73 Å². The highest BCUT2D eigenvalue weighted by molar-refractivity contribution is 6.31. The number of hydrogen-bond acceptors (Lipinski definition) is 3. The molecule has 0 spiro atoms. The minimum atomic E-state index is -1.10. The van der Waals surface area contributed by atoms with Crippen LogP contribution in [0.25, 0.3) is 0 Å². The van der Waals surface area contributed by atoms with Gasteiger partial charge in [0.05, 0.1) is 12.7 Å². The van der Waals surface area contributed by atoms with Crippen molar-refractivity contribution < 1.29 is 14.6 Å². The van der Waals surface area contributed by atoms with Crippen molar-refractivity contribution in [2.45, 2.75) is 18.6 Å². The van der Waals surface area contributed by atoms with Gasteiger partial charge in [-0.2, -0.15) is 0 Å². The summed E-state index contributed by atoms with van der Waals surface area (Å²) in [5.41, 5.74) is 5.47. The maximum Gasteiger partial charge on any atom is 0.130 e. The average Bonchev–Trinajstić information content (AvgIpc) is 2.17. The van der Waals surface area contributed by atoms with E-state index in [4.69, 9.17) is 22.4 Å². The van der Waals surface area contributed by atoms with Gasteiger partial charge in [0.1, 0.15) is 5.82 Å². The van der Waals surface area contributed by atoms with Crippen LogP contribution < -0.4 is 5.73 Å². The summed E-state index contributed by atoms with van der Waals surface area (Å²) in [7, 11) is 0. The smallest absolute Gasteiger partial charge is 0.130 e. The molecule has 84 valence electrons. The molecule has 0 radical (unpaired) electrons. The van der Waals surface area contributed by atoms with E-state index >= 15 is 0 Å². The molecule has 1 aromatic rings. The fourth-order valence-corrected chi connectivity index (χ4v) is 1.60. The van der Waals surface area contributed by atoms with E-state index in [9.17, 15) is 9.50 Å². The molecule has 0 bridgehead atoms. The van der Waals surface area contributed by atoms with Gasteiger partial charge < -0.3 is 15.9 Å². The fraction of sp³-hybridized carbons (Fsp3) is 0.400.